The molecule has 0 amide bonds. The molecule has 19 heavy (non-hydrogen) atoms. The molecule has 0 saturated heterocycles. The Labute approximate surface area is 123 Å². The Hall–Kier alpha value is -0.450. The van der Waals surface area contributed by atoms with Gasteiger partial charge < -0.3 is 0 Å². The van der Waals surface area contributed by atoms with Crippen LogP contribution in [0, 0.1) is 23.6 Å². The average Bonchev–Trinajstić information content (AvgIpc) is 2.27. The Morgan fingerprint density at radius 3 is 2.37 bits per heavy atom. The van der Waals surface area contributed by atoms with Crippen LogP contribution in [0.4, 0.5) is 4.39 Å². The van der Waals surface area contributed by atoms with Gasteiger partial charge in [-0.1, -0.05) is 29.8 Å². The summed E-state index contributed by atoms with van der Waals surface area (Å²) in [5.41, 5.74) is 3.83. The van der Waals surface area contributed by atoms with Gasteiger partial charge in [0, 0.05) is 10.5 Å². The van der Waals surface area contributed by atoms with Crippen LogP contribution >= 0.6 is 15.9 Å². The molecule has 3 N–H and O–H groups in total. The average molecular weight is 329 g/mol. The second-order valence-corrected chi connectivity index (χ2v) is 6.94. The molecule has 1 aliphatic rings. The number of nitrogens with two attached hydrogens (primary N) is 1. The zero-order valence-corrected chi connectivity index (χ0v) is 13.1. The summed E-state index contributed by atoms with van der Waals surface area (Å²) in [5.74, 6) is 7.41. The number of nitrogens with one attached hydrogen (secondary N) is 1. The maximum Gasteiger partial charge on any atom is 0.124 e. The summed E-state index contributed by atoms with van der Waals surface area (Å²) < 4.78 is 14.3. The van der Waals surface area contributed by atoms with E-state index in [4.69, 9.17) is 5.84 Å². The quantitative estimate of drug-likeness (QED) is 0.645. The molecule has 4 heteroatoms. The lowest BCUT2D eigenvalue weighted by Gasteiger charge is -2.36. The highest BCUT2D eigenvalue weighted by atomic mass is 79.9. The van der Waals surface area contributed by atoms with Gasteiger partial charge >= 0.3 is 0 Å². The van der Waals surface area contributed by atoms with Gasteiger partial charge in [0.25, 0.3) is 0 Å². The summed E-state index contributed by atoms with van der Waals surface area (Å²) in [6.45, 7) is 4.58. The first-order chi connectivity index (χ1) is 8.99. The predicted molar refractivity (Wildman–Crippen MR) is 79.8 cm³/mol. The van der Waals surface area contributed by atoms with Crippen LogP contribution in [-0.2, 0) is 0 Å². The van der Waals surface area contributed by atoms with E-state index in [1.54, 1.807) is 6.07 Å². The summed E-state index contributed by atoms with van der Waals surface area (Å²) in [6.07, 6.45) is 3.57. The van der Waals surface area contributed by atoms with E-state index < -0.39 is 0 Å². The van der Waals surface area contributed by atoms with Crippen molar-refractivity contribution in [1.82, 2.24) is 5.43 Å². The number of hydrogen-bond acceptors (Lipinski definition) is 2. The molecule has 1 aliphatic carbocycles. The van der Waals surface area contributed by atoms with Crippen LogP contribution in [0.1, 0.15) is 44.7 Å². The van der Waals surface area contributed by atoms with Crippen LogP contribution < -0.4 is 11.3 Å². The normalized spacial score (nSPS) is 29.2. The van der Waals surface area contributed by atoms with Crippen molar-refractivity contribution in [3.05, 3.63) is 34.1 Å². The molecule has 2 nitrogen and oxygen atoms in total. The zero-order valence-electron chi connectivity index (χ0n) is 11.5. The molecule has 0 heterocycles. The van der Waals surface area contributed by atoms with E-state index in [-0.39, 0.29) is 11.9 Å². The molecule has 3 unspecified atom stereocenters. The largest absolute Gasteiger partial charge is 0.271 e. The van der Waals surface area contributed by atoms with Crippen LogP contribution in [0.2, 0.25) is 0 Å². The predicted octanol–water partition coefficient (Wildman–Crippen LogP) is 4.16. The van der Waals surface area contributed by atoms with E-state index in [9.17, 15) is 4.39 Å². The first-order valence-electron chi connectivity index (χ1n) is 6.91. The zero-order chi connectivity index (χ0) is 14.0. The lowest BCUT2D eigenvalue weighted by molar-refractivity contribution is 0.177. The van der Waals surface area contributed by atoms with Crippen molar-refractivity contribution in [2.24, 2.45) is 23.6 Å². The highest BCUT2D eigenvalue weighted by Crippen LogP contribution is 2.40. The summed E-state index contributed by atoms with van der Waals surface area (Å²) in [5, 5.41) is 0. The maximum atomic E-state index is 13.5. The van der Waals surface area contributed by atoms with Crippen molar-refractivity contribution >= 4 is 15.9 Å². The first kappa shape index (κ1) is 14.9. The second kappa shape index (κ2) is 6.33. The van der Waals surface area contributed by atoms with Crippen molar-refractivity contribution in [3.8, 4) is 0 Å². The van der Waals surface area contributed by atoms with E-state index in [0.29, 0.717) is 17.8 Å². The minimum Gasteiger partial charge on any atom is -0.271 e. The minimum absolute atomic E-state index is 0.0252. The third-order valence-corrected chi connectivity index (χ3v) is 4.57. The molecule has 106 valence electrons. The fraction of sp³-hybridized carbons (Fsp3) is 0.600. The van der Waals surface area contributed by atoms with E-state index >= 15 is 0 Å². The highest BCUT2D eigenvalue weighted by Gasteiger charge is 2.30. The van der Waals surface area contributed by atoms with Gasteiger partial charge in [-0.2, -0.15) is 0 Å². The van der Waals surface area contributed by atoms with Gasteiger partial charge in [0.2, 0.25) is 0 Å². The maximum absolute atomic E-state index is 13.5. The second-order valence-electron chi connectivity index (χ2n) is 6.02. The van der Waals surface area contributed by atoms with Crippen LogP contribution in [-0.4, -0.2) is 0 Å². The van der Waals surface area contributed by atoms with Crippen molar-refractivity contribution in [2.75, 3.05) is 0 Å². The smallest absolute Gasteiger partial charge is 0.124 e. The lowest BCUT2D eigenvalue weighted by Crippen LogP contribution is -2.37. The van der Waals surface area contributed by atoms with E-state index in [0.717, 1.165) is 22.9 Å². The van der Waals surface area contributed by atoms with Crippen LogP contribution in [0.3, 0.4) is 0 Å². The number of rotatable bonds is 3. The fourth-order valence-electron chi connectivity index (χ4n) is 3.54. The number of hydrogen-bond donors (Lipinski definition) is 2. The van der Waals surface area contributed by atoms with Crippen LogP contribution in [0.25, 0.3) is 0 Å². The monoisotopic (exact) mass is 328 g/mol. The molecule has 1 aromatic carbocycles. The van der Waals surface area contributed by atoms with E-state index in [2.05, 4.69) is 35.2 Å². The van der Waals surface area contributed by atoms with E-state index in [1.165, 1.54) is 12.5 Å². The van der Waals surface area contributed by atoms with Gasteiger partial charge in [-0.3, -0.25) is 11.3 Å². The SMILES string of the molecule is CC1CC(C)CC(C(NN)c2cc(F)cc(Br)c2)C1. The van der Waals surface area contributed by atoms with Crippen molar-refractivity contribution in [2.45, 2.75) is 39.2 Å². The molecule has 0 bridgehead atoms. The Balaban J connectivity index is 2.23. The topological polar surface area (TPSA) is 38.0 Å². The Morgan fingerprint density at radius 1 is 1.21 bits per heavy atom. The Morgan fingerprint density at radius 2 is 1.84 bits per heavy atom. The van der Waals surface area contributed by atoms with E-state index in [1.807, 2.05) is 6.07 Å². The Bertz CT molecular complexity index is 408. The standard InChI is InChI=1S/C15H22BrFN2/c1-9-3-10(2)5-11(4-9)15(19-18)12-6-13(16)8-14(17)7-12/h6-11,15,19H,3-5,18H2,1-2H3. The highest BCUT2D eigenvalue weighted by molar-refractivity contribution is 9.10. The minimum atomic E-state index is -0.221. The lowest BCUT2D eigenvalue weighted by atomic mass is 9.72. The van der Waals surface area contributed by atoms with Crippen molar-refractivity contribution in [3.63, 3.8) is 0 Å². The van der Waals surface area contributed by atoms with Gasteiger partial charge in [0.15, 0.2) is 0 Å². The van der Waals surface area contributed by atoms with Gasteiger partial charge in [-0.05, 0) is 60.8 Å². The van der Waals surface area contributed by atoms with Gasteiger partial charge in [0.1, 0.15) is 5.82 Å². The molecular weight excluding hydrogens is 307 g/mol. The molecular formula is C15H22BrFN2. The van der Waals surface area contributed by atoms with Gasteiger partial charge in [-0.25, -0.2) is 4.39 Å². The van der Waals surface area contributed by atoms with Crippen molar-refractivity contribution < 1.29 is 4.39 Å². The molecule has 0 aliphatic heterocycles. The summed E-state index contributed by atoms with van der Waals surface area (Å²) in [4.78, 5) is 0. The third kappa shape index (κ3) is 3.77. The summed E-state index contributed by atoms with van der Waals surface area (Å²) in [7, 11) is 0. The third-order valence-electron chi connectivity index (χ3n) is 4.11. The first-order valence-corrected chi connectivity index (χ1v) is 7.71. The summed E-state index contributed by atoms with van der Waals surface area (Å²) >= 11 is 3.35. The summed E-state index contributed by atoms with van der Waals surface area (Å²) in [6, 6.07) is 5.04. The Kier molecular flexibility index (Phi) is 4.98. The molecule has 2 rings (SSSR count). The molecule has 0 spiro atoms. The molecule has 0 radical (unpaired) electrons. The fourth-order valence-corrected chi connectivity index (χ4v) is 4.02. The molecule has 0 aromatic heterocycles. The molecule has 1 aromatic rings. The van der Waals surface area contributed by atoms with Gasteiger partial charge in [0.05, 0.1) is 0 Å². The molecule has 3 atom stereocenters. The molecule has 1 fully saturated rings. The van der Waals surface area contributed by atoms with Crippen LogP contribution in [0.5, 0.6) is 0 Å². The van der Waals surface area contributed by atoms with Crippen LogP contribution in [0.15, 0.2) is 22.7 Å². The number of hydrazine groups is 1. The number of halogens is 2. The number of benzene rings is 1. The van der Waals surface area contributed by atoms with Crippen molar-refractivity contribution in [1.29, 1.82) is 0 Å². The molecule has 1 saturated carbocycles. The van der Waals surface area contributed by atoms with Gasteiger partial charge in [-0.15, -0.1) is 0 Å².